The molecule has 30 heavy (non-hydrogen) atoms. The maximum Gasteiger partial charge on any atom is 0.338 e. The van der Waals surface area contributed by atoms with Crippen molar-refractivity contribution >= 4 is 17.3 Å². The van der Waals surface area contributed by atoms with Gasteiger partial charge in [-0.25, -0.2) is 9.78 Å². The van der Waals surface area contributed by atoms with E-state index < -0.39 is 0 Å². The van der Waals surface area contributed by atoms with Crippen LogP contribution < -0.4 is 9.47 Å². The Bertz CT molecular complexity index is 1130. The molecule has 4 rings (SSSR count). The molecule has 4 aromatic rings. The molecule has 0 spiro atoms. The fraction of sp³-hybridized carbons (Fsp3) is 0.130. The normalized spacial score (nSPS) is 10.6. The number of nitrogens with zero attached hydrogens (tertiary/aromatic N) is 2. The molecule has 0 bridgehead atoms. The van der Waals surface area contributed by atoms with Crippen LogP contribution in [0.5, 0.6) is 11.5 Å². The van der Waals surface area contributed by atoms with Crippen molar-refractivity contribution in [1.82, 2.24) is 9.55 Å². The molecule has 6 nitrogen and oxygen atoms in total. The summed E-state index contributed by atoms with van der Waals surface area (Å²) in [4.78, 5) is 17.0. The first kappa shape index (κ1) is 19.7. The third-order valence-electron chi connectivity index (χ3n) is 4.54. The number of thiazole rings is 1. The summed E-state index contributed by atoms with van der Waals surface area (Å²) in [5.74, 6) is 0.879. The Hall–Kier alpha value is -3.58. The second kappa shape index (κ2) is 8.84. The van der Waals surface area contributed by atoms with Crippen LogP contribution in [-0.4, -0.2) is 29.7 Å². The number of hydrogen-bond donors (Lipinski definition) is 0. The third kappa shape index (κ3) is 4.06. The summed E-state index contributed by atoms with van der Waals surface area (Å²) < 4.78 is 18.2. The molecule has 2 aromatic heterocycles. The van der Waals surface area contributed by atoms with E-state index in [1.165, 1.54) is 11.3 Å². The van der Waals surface area contributed by atoms with Gasteiger partial charge in [0.25, 0.3) is 0 Å². The molecular weight excluding hydrogens is 400 g/mol. The smallest absolute Gasteiger partial charge is 0.338 e. The molecule has 0 aliphatic heterocycles. The van der Waals surface area contributed by atoms with Crippen molar-refractivity contribution in [2.24, 2.45) is 0 Å². The van der Waals surface area contributed by atoms with Crippen molar-refractivity contribution in [3.63, 3.8) is 0 Å². The molecule has 0 radical (unpaired) electrons. The average Bonchev–Trinajstić information content (AvgIpc) is 3.49. The van der Waals surface area contributed by atoms with Crippen LogP contribution in [0.3, 0.4) is 0 Å². The molecule has 0 N–H and O–H groups in total. The highest BCUT2D eigenvalue weighted by Gasteiger charge is 2.15. The summed E-state index contributed by atoms with van der Waals surface area (Å²) in [5.41, 5.74) is 2.99. The summed E-state index contributed by atoms with van der Waals surface area (Å²) in [5, 5.41) is 2.64. The Labute approximate surface area is 178 Å². The number of ether oxygens (including phenoxy) is 3. The first-order valence-electron chi connectivity index (χ1n) is 9.26. The maximum atomic E-state index is 12.4. The monoisotopic (exact) mass is 420 g/mol. The van der Waals surface area contributed by atoms with E-state index in [1.807, 2.05) is 64.8 Å². The highest BCUT2D eigenvalue weighted by atomic mass is 32.1. The highest BCUT2D eigenvalue weighted by Crippen LogP contribution is 2.39. The zero-order valence-electron chi connectivity index (χ0n) is 16.6. The van der Waals surface area contributed by atoms with Crippen molar-refractivity contribution in [2.45, 2.75) is 6.61 Å². The molecule has 0 aliphatic rings. The summed E-state index contributed by atoms with van der Waals surface area (Å²) in [6.07, 6.45) is 3.90. The van der Waals surface area contributed by atoms with Crippen molar-refractivity contribution in [1.29, 1.82) is 0 Å². The minimum absolute atomic E-state index is 0.0982. The molecule has 0 fully saturated rings. The summed E-state index contributed by atoms with van der Waals surface area (Å²) in [6.45, 7) is 0.0982. The van der Waals surface area contributed by atoms with Crippen LogP contribution in [0.25, 0.3) is 16.3 Å². The Morgan fingerprint density at radius 1 is 1.00 bits per heavy atom. The lowest BCUT2D eigenvalue weighted by atomic mass is 10.2. The van der Waals surface area contributed by atoms with Gasteiger partial charge in [-0.3, -0.25) is 0 Å². The molecule has 7 heteroatoms. The first-order chi connectivity index (χ1) is 14.7. The molecule has 0 saturated heterocycles. The number of para-hydroxylation sites is 1. The van der Waals surface area contributed by atoms with E-state index in [1.54, 1.807) is 26.4 Å². The number of rotatable bonds is 7. The second-order valence-electron chi connectivity index (χ2n) is 6.40. The van der Waals surface area contributed by atoms with E-state index in [4.69, 9.17) is 14.2 Å². The molecule has 2 heterocycles. The number of carbonyl (C=O) groups is 1. The molecular formula is C23H20N2O4S. The number of aromatic nitrogens is 2. The molecule has 0 amide bonds. The minimum atomic E-state index is -0.387. The van der Waals surface area contributed by atoms with Crippen molar-refractivity contribution in [3.8, 4) is 27.8 Å². The lowest BCUT2D eigenvalue weighted by molar-refractivity contribution is 0.0468. The minimum Gasteiger partial charge on any atom is -0.493 e. The number of esters is 1. The Morgan fingerprint density at radius 3 is 2.47 bits per heavy atom. The van der Waals surface area contributed by atoms with Crippen molar-refractivity contribution in [2.75, 3.05) is 14.2 Å². The molecule has 0 unspecified atom stereocenters. The summed E-state index contributed by atoms with van der Waals surface area (Å²) in [6, 6.07) is 16.8. The number of benzene rings is 2. The first-order valence-corrected chi connectivity index (χ1v) is 10.1. The quantitative estimate of drug-likeness (QED) is 0.395. The lowest BCUT2D eigenvalue weighted by Crippen LogP contribution is -2.05. The maximum absolute atomic E-state index is 12.4. The number of carbonyl (C=O) groups excluding carboxylic acids is 1. The molecule has 2 aromatic carbocycles. The molecule has 0 atom stereocenters. The highest BCUT2D eigenvalue weighted by molar-refractivity contribution is 7.13. The van der Waals surface area contributed by atoms with E-state index >= 15 is 0 Å². The van der Waals surface area contributed by atoms with E-state index in [2.05, 4.69) is 4.98 Å². The van der Waals surface area contributed by atoms with Gasteiger partial charge in [-0.2, -0.15) is 0 Å². The topological polar surface area (TPSA) is 62.6 Å². The van der Waals surface area contributed by atoms with Gasteiger partial charge in [0.05, 0.1) is 31.0 Å². The lowest BCUT2D eigenvalue weighted by Gasteiger charge is -2.10. The van der Waals surface area contributed by atoms with Gasteiger partial charge in [-0.1, -0.05) is 6.07 Å². The van der Waals surface area contributed by atoms with Gasteiger partial charge < -0.3 is 18.8 Å². The molecule has 0 aliphatic carbocycles. The Balaban J connectivity index is 1.43. The predicted octanol–water partition coefficient (Wildman–Crippen LogP) is 4.98. The van der Waals surface area contributed by atoms with Crippen LogP contribution >= 0.6 is 11.3 Å². The average molecular weight is 420 g/mol. The van der Waals surface area contributed by atoms with Crippen molar-refractivity contribution in [3.05, 3.63) is 83.6 Å². The van der Waals surface area contributed by atoms with E-state index in [-0.39, 0.29) is 12.6 Å². The third-order valence-corrected chi connectivity index (χ3v) is 5.47. The van der Waals surface area contributed by atoms with Crippen LogP contribution in [0.4, 0.5) is 0 Å². The van der Waals surface area contributed by atoms with E-state index in [9.17, 15) is 4.79 Å². The standard InChI is InChI=1S/C23H20N2O4S/c1-27-20-7-5-6-19(21(20)28-2)22-24-17(15-30-22)14-29-23(26)16-8-10-18(11-9-16)25-12-3-4-13-25/h3-13,15H,14H2,1-2H3. The van der Waals surface area contributed by atoms with Gasteiger partial charge in [0.2, 0.25) is 0 Å². The Kier molecular flexibility index (Phi) is 5.81. The fourth-order valence-corrected chi connectivity index (χ4v) is 3.88. The van der Waals surface area contributed by atoms with Crippen LogP contribution in [0.2, 0.25) is 0 Å². The molecule has 0 saturated carbocycles. The summed E-state index contributed by atoms with van der Waals surface area (Å²) in [7, 11) is 3.19. The predicted molar refractivity (Wildman–Crippen MR) is 116 cm³/mol. The SMILES string of the molecule is COc1cccc(-c2nc(COC(=O)c3ccc(-n4cccc4)cc3)cs2)c1OC. The number of methoxy groups -OCH3 is 2. The van der Waals surface area contributed by atoms with Crippen molar-refractivity contribution < 1.29 is 19.0 Å². The Morgan fingerprint density at radius 2 is 1.77 bits per heavy atom. The van der Waals surface area contributed by atoms with E-state index in [0.717, 1.165) is 16.3 Å². The van der Waals surface area contributed by atoms with Gasteiger partial charge in [0.15, 0.2) is 11.5 Å². The van der Waals surface area contributed by atoms with Gasteiger partial charge in [-0.15, -0.1) is 11.3 Å². The zero-order chi connectivity index (χ0) is 20.9. The fourth-order valence-electron chi connectivity index (χ4n) is 3.05. The van der Waals surface area contributed by atoms with Gasteiger partial charge in [0.1, 0.15) is 11.6 Å². The van der Waals surface area contributed by atoms with Crippen LogP contribution in [0, 0.1) is 0 Å². The van der Waals surface area contributed by atoms with Crippen LogP contribution in [-0.2, 0) is 11.3 Å². The summed E-state index contributed by atoms with van der Waals surface area (Å²) >= 11 is 1.46. The number of hydrogen-bond acceptors (Lipinski definition) is 6. The molecule has 152 valence electrons. The van der Waals surface area contributed by atoms with Gasteiger partial charge >= 0.3 is 5.97 Å². The second-order valence-corrected chi connectivity index (χ2v) is 7.26. The van der Waals surface area contributed by atoms with Gasteiger partial charge in [0, 0.05) is 23.5 Å². The zero-order valence-corrected chi connectivity index (χ0v) is 17.4. The van der Waals surface area contributed by atoms with Crippen LogP contribution in [0.1, 0.15) is 16.1 Å². The largest absolute Gasteiger partial charge is 0.493 e. The van der Waals surface area contributed by atoms with E-state index in [0.29, 0.717) is 22.8 Å². The van der Waals surface area contributed by atoms with Crippen LogP contribution in [0.15, 0.2) is 72.4 Å². The van der Waals surface area contributed by atoms with Gasteiger partial charge in [-0.05, 0) is 48.5 Å².